The van der Waals surface area contributed by atoms with Gasteiger partial charge in [0, 0.05) is 6.08 Å². The van der Waals surface area contributed by atoms with E-state index in [9.17, 15) is 24.6 Å². The molecule has 0 saturated heterocycles. The molecule has 2 N–H and O–H groups in total. The molecule has 0 amide bonds. The third-order valence-electron chi connectivity index (χ3n) is 3.17. The van der Waals surface area contributed by atoms with Crippen LogP contribution < -0.4 is 0 Å². The Morgan fingerprint density at radius 1 is 1.21 bits per heavy atom. The first-order chi connectivity index (χ1) is 8.86. The summed E-state index contributed by atoms with van der Waals surface area (Å²) in [7, 11) is 0. The summed E-state index contributed by atoms with van der Waals surface area (Å²) < 4.78 is 4.88. The lowest BCUT2D eigenvalue weighted by Crippen LogP contribution is -2.59. The molecule has 1 aliphatic carbocycles. The Bertz CT molecular complexity index is 489. The van der Waals surface area contributed by atoms with Gasteiger partial charge in [0.2, 0.25) is 5.60 Å². The molecule has 0 fully saturated rings. The summed E-state index contributed by atoms with van der Waals surface area (Å²) in [6, 6.07) is 0. The van der Waals surface area contributed by atoms with Crippen LogP contribution in [0.3, 0.4) is 0 Å². The molecule has 102 valence electrons. The smallest absolute Gasteiger partial charge is 0.353 e. The van der Waals surface area contributed by atoms with Crippen molar-refractivity contribution in [3.05, 3.63) is 37.0 Å². The second-order valence-electron chi connectivity index (χ2n) is 4.01. The van der Waals surface area contributed by atoms with Gasteiger partial charge in [-0.25, -0.2) is 9.59 Å². The van der Waals surface area contributed by atoms with E-state index in [1.54, 1.807) is 0 Å². The molecule has 1 aliphatic rings. The number of esters is 1. The SMILES string of the molecule is C=CC(=O)OC1(C(=O)O)C=CC=CC1(CC)C(=O)O. The van der Waals surface area contributed by atoms with E-state index in [2.05, 4.69) is 6.58 Å². The molecule has 6 heteroatoms. The van der Waals surface area contributed by atoms with E-state index in [1.807, 2.05) is 0 Å². The van der Waals surface area contributed by atoms with Crippen molar-refractivity contribution < 1.29 is 29.3 Å². The highest BCUT2D eigenvalue weighted by Gasteiger charge is 2.62. The number of aliphatic carboxylic acids is 2. The zero-order chi connectivity index (χ0) is 14.7. The third kappa shape index (κ3) is 2.05. The maximum absolute atomic E-state index is 11.5. The minimum absolute atomic E-state index is 0.0557. The minimum atomic E-state index is -2.28. The van der Waals surface area contributed by atoms with Gasteiger partial charge in [0.25, 0.3) is 0 Å². The molecule has 6 nitrogen and oxygen atoms in total. The quantitative estimate of drug-likeness (QED) is 0.571. The Morgan fingerprint density at radius 3 is 2.21 bits per heavy atom. The van der Waals surface area contributed by atoms with Crippen molar-refractivity contribution in [3.8, 4) is 0 Å². The molecule has 0 heterocycles. The van der Waals surface area contributed by atoms with Crippen molar-refractivity contribution >= 4 is 17.9 Å². The van der Waals surface area contributed by atoms with Gasteiger partial charge >= 0.3 is 17.9 Å². The van der Waals surface area contributed by atoms with Gasteiger partial charge in [-0.05, 0) is 12.5 Å². The Labute approximate surface area is 109 Å². The highest BCUT2D eigenvalue weighted by molar-refractivity contribution is 5.96. The number of carboxylic acid groups (broad SMARTS) is 2. The number of carboxylic acids is 2. The predicted molar refractivity (Wildman–Crippen MR) is 65.3 cm³/mol. The van der Waals surface area contributed by atoms with Gasteiger partial charge in [0.15, 0.2) is 0 Å². The Kier molecular flexibility index (Phi) is 3.94. The average molecular weight is 266 g/mol. The minimum Gasteiger partial charge on any atom is -0.480 e. The van der Waals surface area contributed by atoms with Crippen LogP contribution in [0.1, 0.15) is 13.3 Å². The molecule has 0 aromatic rings. The highest BCUT2D eigenvalue weighted by Crippen LogP contribution is 2.43. The molecule has 0 aliphatic heterocycles. The van der Waals surface area contributed by atoms with Crippen molar-refractivity contribution in [2.75, 3.05) is 0 Å². The molecule has 0 saturated carbocycles. The topological polar surface area (TPSA) is 101 Å². The fourth-order valence-electron chi connectivity index (χ4n) is 2.08. The van der Waals surface area contributed by atoms with Gasteiger partial charge in [0.1, 0.15) is 5.41 Å². The van der Waals surface area contributed by atoms with Crippen molar-refractivity contribution in [3.63, 3.8) is 0 Å². The maximum atomic E-state index is 11.5. The first-order valence-corrected chi connectivity index (χ1v) is 5.55. The summed E-state index contributed by atoms with van der Waals surface area (Å²) in [5.74, 6) is -3.93. The fourth-order valence-corrected chi connectivity index (χ4v) is 2.08. The highest BCUT2D eigenvalue weighted by atomic mass is 16.6. The van der Waals surface area contributed by atoms with E-state index < -0.39 is 28.9 Å². The molecule has 1 rings (SSSR count). The van der Waals surface area contributed by atoms with Gasteiger partial charge in [-0.2, -0.15) is 0 Å². The maximum Gasteiger partial charge on any atom is 0.353 e. The Balaban J connectivity index is 3.49. The first kappa shape index (κ1) is 14.7. The average Bonchev–Trinajstić information content (AvgIpc) is 2.38. The van der Waals surface area contributed by atoms with E-state index in [4.69, 9.17) is 4.74 Å². The zero-order valence-corrected chi connectivity index (χ0v) is 10.3. The van der Waals surface area contributed by atoms with Crippen LogP contribution >= 0.6 is 0 Å². The van der Waals surface area contributed by atoms with Crippen LogP contribution in [0.15, 0.2) is 37.0 Å². The molecule has 0 bridgehead atoms. The molecular formula is C13H14O6. The van der Waals surface area contributed by atoms with E-state index in [1.165, 1.54) is 25.2 Å². The number of hydrogen-bond donors (Lipinski definition) is 2. The molecule has 19 heavy (non-hydrogen) atoms. The summed E-state index contributed by atoms with van der Waals surface area (Å²) in [5, 5.41) is 18.8. The molecule has 2 atom stereocenters. The molecule has 0 aromatic heterocycles. The zero-order valence-electron chi connectivity index (χ0n) is 10.3. The number of hydrogen-bond acceptors (Lipinski definition) is 4. The van der Waals surface area contributed by atoms with Crippen molar-refractivity contribution in [1.29, 1.82) is 0 Å². The van der Waals surface area contributed by atoms with Gasteiger partial charge < -0.3 is 14.9 Å². The second-order valence-corrected chi connectivity index (χ2v) is 4.01. The monoisotopic (exact) mass is 266 g/mol. The summed E-state index contributed by atoms with van der Waals surface area (Å²) >= 11 is 0. The van der Waals surface area contributed by atoms with Crippen LogP contribution in [-0.4, -0.2) is 33.7 Å². The predicted octanol–water partition coefficient (Wildman–Crippen LogP) is 1.15. The van der Waals surface area contributed by atoms with Crippen LogP contribution in [0.4, 0.5) is 0 Å². The molecule has 2 unspecified atom stereocenters. The molecular weight excluding hydrogens is 252 g/mol. The summed E-state index contributed by atoms with van der Waals surface area (Å²) in [6.07, 6.45) is 5.77. The van der Waals surface area contributed by atoms with Crippen molar-refractivity contribution in [2.24, 2.45) is 5.41 Å². The lowest BCUT2D eigenvalue weighted by Gasteiger charge is -2.40. The number of rotatable bonds is 5. The van der Waals surface area contributed by atoms with E-state index in [0.29, 0.717) is 0 Å². The lowest BCUT2D eigenvalue weighted by molar-refractivity contribution is -0.188. The van der Waals surface area contributed by atoms with Gasteiger partial charge in [-0.1, -0.05) is 31.7 Å². The number of carbonyl (C=O) groups excluding carboxylic acids is 1. The second kappa shape index (κ2) is 5.09. The van der Waals surface area contributed by atoms with Crippen LogP contribution in [0.25, 0.3) is 0 Å². The van der Waals surface area contributed by atoms with Crippen LogP contribution in [0.5, 0.6) is 0 Å². The number of ether oxygens (including phenoxy) is 1. The first-order valence-electron chi connectivity index (χ1n) is 5.55. The van der Waals surface area contributed by atoms with Gasteiger partial charge in [-0.3, -0.25) is 4.79 Å². The molecule has 0 radical (unpaired) electrons. The Morgan fingerprint density at radius 2 is 1.79 bits per heavy atom. The summed E-state index contributed by atoms with van der Waals surface area (Å²) in [6.45, 7) is 4.69. The van der Waals surface area contributed by atoms with E-state index in [0.717, 1.165) is 12.2 Å². The third-order valence-corrected chi connectivity index (χ3v) is 3.17. The van der Waals surface area contributed by atoms with Crippen LogP contribution in [-0.2, 0) is 19.1 Å². The summed E-state index contributed by atoms with van der Waals surface area (Å²) in [4.78, 5) is 34.4. The van der Waals surface area contributed by atoms with Crippen molar-refractivity contribution in [2.45, 2.75) is 18.9 Å². The van der Waals surface area contributed by atoms with Gasteiger partial charge in [-0.15, -0.1) is 0 Å². The standard InChI is InChI=1S/C13H14O6/c1-3-9(14)19-13(11(17)18)8-6-5-7-12(13,4-2)10(15)16/h3,5-8H,1,4H2,2H3,(H,15,16)(H,17,18). The van der Waals surface area contributed by atoms with E-state index >= 15 is 0 Å². The van der Waals surface area contributed by atoms with E-state index in [-0.39, 0.29) is 6.42 Å². The number of carbonyl (C=O) groups is 3. The van der Waals surface area contributed by atoms with Crippen LogP contribution in [0, 0.1) is 5.41 Å². The lowest BCUT2D eigenvalue weighted by atomic mass is 9.67. The number of allylic oxidation sites excluding steroid dienone is 2. The molecule has 0 aromatic carbocycles. The van der Waals surface area contributed by atoms with Crippen molar-refractivity contribution in [1.82, 2.24) is 0 Å². The summed E-state index contributed by atoms with van der Waals surface area (Å²) in [5.41, 5.74) is -4.14. The van der Waals surface area contributed by atoms with Crippen LogP contribution in [0.2, 0.25) is 0 Å². The molecule has 0 spiro atoms. The largest absolute Gasteiger partial charge is 0.480 e. The van der Waals surface area contributed by atoms with Gasteiger partial charge in [0.05, 0.1) is 0 Å². The normalized spacial score (nSPS) is 28.7. The fraction of sp³-hybridized carbons (Fsp3) is 0.308. The Hall–Kier alpha value is -2.37.